The lowest BCUT2D eigenvalue weighted by atomic mass is 10.3. The fourth-order valence-corrected chi connectivity index (χ4v) is 1.54. The number of nitrogens with zero attached hydrogens (tertiary/aromatic N) is 1. The minimum absolute atomic E-state index is 0.269. The van der Waals surface area contributed by atoms with Gasteiger partial charge in [-0.25, -0.2) is 4.98 Å². The van der Waals surface area contributed by atoms with E-state index in [-0.39, 0.29) is 11.7 Å². The summed E-state index contributed by atoms with van der Waals surface area (Å²) in [6, 6.07) is 8.49. The van der Waals surface area contributed by atoms with Crippen LogP contribution in [0.25, 0.3) is 11.1 Å². The van der Waals surface area contributed by atoms with Gasteiger partial charge in [-0.1, -0.05) is 0 Å². The molecule has 0 atom stereocenters. The second kappa shape index (κ2) is 3.79. The van der Waals surface area contributed by atoms with Gasteiger partial charge in [0.15, 0.2) is 17.7 Å². The van der Waals surface area contributed by atoms with Crippen molar-refractivity contribution in [2.75, 3.05) is 5.32 Å². The molecule has 0 radical (unpaired) electrons. The van der Waals surface area contributed by atoms with Crippen molar-refractivity contribution >= 4 is 22.7 Å². The van der Waals surface area contributed by atoms with E-state index in [4.69, 9.17) is 8.83 Å². The van der Waals surface area contributed by atoms with E-state index in [9.17, 15) is 4.79 Å². The maximum absolute atomic E-state index is 11.7. The molecule has 1 aromatic carbocycles. The highest BCUT2D eigenvalue weighted by molar-refractivity contribution is 6.02. The molecule has 2 aromatic heterocycles. The largest absolute Gasteiger partial charge is 0.459 e. The van der Waals surface area contributed by atoms with Crippen LogP contribution in [0.15, 0.2) is 51.8 Å². The summed E-state index contributed by atoms with van der Waals surface area (Å²) in [6.45, 7) is 0. The van der Waals surface area contributed by atoms with Gasteiger partial charge in [0.2, 0.25) is 0 Å². The van der Waals surface area contributed by atoms with E-state index in [0.29, 0.717) is 16.8 Å². The molecule has 3 aromatic rings. The van der Waals surface area contributed by atoms with Crippen LogP contribution in [0.4, 0.5) is 5.69 Å². The first-order valence-electron chi connectivity index (χ1n) is 5.01. The van der Waals surface area contributed by atoms with Gasteiger partial charge >= 0.3 is 0 Å². The number of rotatable bonds is 2. The monoisotopic (exact) mass is 228 g/mol. The third-order valence-electron chi connectivity index (χ3n) is 2.33. The molecular formula is C12H8N2O3. The lowest BCUT2D eigenvalue weighted by Crippen LogP contribution is -2.10. The molecule has 0 aliphatic carbocycles. The molecule has 0 aliphatic rings. The van der Waals surface area contributed by atoms with Crippen LogP contribution in [0.1, 0.15) is 10.6 Å². The first-order chi connectivity index (χ1) is 8.33. The fraction of sp³-hybridized carbons (Fsp3) is 0. The highest BCUT2D eigenvalue weighted by Gasteiger charge is 2.09. The SMILES string of the molecule is O=C(Nc1ccc2ocnc2c1)c1ccco1. The van der Waals surface area contributed by atoms with E-state index in [0.717, 1.165) is 0 Å². The predicted molar refractivity (Wildman–Crippen MR) is 60.7 cm³/mol. The lowest BCUT2D eigenvalue weighted by Gasteiger charge is -2.01. The van der Waals surface area contributed by atoms with Crippen LogP contribution in [0.3, 0.4) is 0 Å². The van der Waals surface area contributed by atoms with Crippen LogP contribution in [0, 0.1) is 0 Å². The minimum atomic E-state index is -0.294. The Hall–Kier alpha value is -2.56. The molecule has 5 heteroatoms. The standard InChI is InChI=1S/C12H8N2O3/c15-12(11-2-1-5-16-11)14-8-3-4-10-9(6-8)13-7-17-10/h1-7H,(H,14,15). The summed E-state index contributed by atoms with van der Waals surface area (Å²) < 4.78 is 10.1. The van der Waals surface area contributed by atoms with E-state index >= 15 is 0 Å². The molecule has 1 amide bonds. The van der Waals surface area contributed by atoms with Crippen LogP contribution in [0.5, 0.6) is 0 Å². The first-order valence-corrected chi connectivity index (χ1v) is 5.01. The second-order valence-electron chi connectivity index (χ2n) is 3.47. The molecule has 3 rings (SSSR count). The second-order valence-corrected chi connectivity index (χ2v) is 3.47. The van der Waals surface area contributed by atoms with Crippen molar-refractivity contribution in [3.8, 4) is 0 Å². The topological polar surface area (TPSA) is 68.3 Å². The van der Waals surface area contributed by atoms with Crippen LogP contribution in [-0.2, 0) is 0 Å². The van der Waals surface area contributed by atoms with E-state index in [1.165, 1.54) is 12.7 Å². The number of fused-ring (bicyclic) bond motifs is 1. The molecule has 2 heterocycles. The quantitative estimate of drug-likeness (QED) is 0.732. The third-order valence-corrected chi connectivity index (χ3v) is 2.33. The Morgan fingerprint density at radius 1 is 1.24 bits per heavy atom. The van der Waals surface area contributed by atoms with Crippen LogP contribution >= 0.6 is 0 Å². The number of hydrogen-bond donors (Lipinski definition) is 1. The Morgan fingerprint density at radius 2 is 2.18 bits per heavy atom. The highest BCUT2D eigenvalue weighted by atomic mass is 16.3. The number of aromatic nitrogens is 1. The molecule has 17 heavy (non-hydrogen) atoms. The summed E-state index contributed by atoms with van der Waals surface area (Å²) in [4.78, 5) is 15.7. The number of oxazole rings is 1. The van der Waals surface area contributed by atoms with Crippen molar-refractivity contribution in [3.63, 3.8) is 0 Å². The fourth-order valence-electron chi connectivity index (χ4n) is 1.54. The summed E-state index contributed by atoms with van der Waals surface area (Å²) in [7, 11) is 0. The van der Waals surface area contributed by atoms with Crippen LogP contribution in [0.2, 0.25) is 0 Å². The van der Waals surface area contributed by atoms with Gasteiger partial charge in [0, 0.05) is 5.69 Å². The summed E-state index contributed by atoms with van der Waals surface area (Å²) in [5.41, 5.74) is 2.02. The molecule has 0 saturated carbocycles. The number of nitrogens with one attached hydrogen (secondary N) is 1. The Morgan fingerprint density at radius 3 is 3.00 bits per heavy atom. The molecule has 1 N–H and O–H groups in total. The molecule has 0 spiro atoms. The number of amides is 1. The number of anilines is 1. The molecular weight excluding hydrogens is 220 g/mol. The number of furan rings is 1. The van der Waals surface area contributed by atoms with Crippen molar-refractivity contribution in [1.82, 2.24) is 4.98 Å². The first kappa shape index (κ1) is 9.65. The van der Waals surface area contributed by atoms with Crippen LogP contribution in [-0.4, -0.2) is 10.9 Å². The lowest BCUT2D eigenvalue weighted by molar-refractivity contribution is 0.0996. The zero-order chi connectivity index (χ0) is 11.7. The Balaban J connectivity index is 1.87. The van der Waals surface area contributed by atoms with Crippen molar-refractivity contribution in [1.29, 1.82) is 0 Å². The van der Waals surface area contributed by atoms with E-state index < -0.39 is 0 Å². The maximum atomic E-state index is 11.7. The van der Waals surface area contributed by atoms with Crippen molar-refractivity contribution in [3.05, 3.63) is 48.7 Å². The van der Waals surface area contributed by atoms with E-state index in [1.807, 2.05) is 0 Å². The number of benzene rings is 1. The van der Waals surface area contributed by atoms with Gasteiger partial charge in [0.1, 0.15) is 5.52 Å². The summed E-state index contributed by atoms with van der Waals surface area (Å²) in [5.74, 6) is -0.0249. The zero-order valence-corrected chi connectivity index (χ0v) is 8.71. The molecule has 0 bridgehead atoms. The van der Waals surface area contributed by atoms with Gasteiger partial charge in [-0.2, -0.15) is 0 Å². The van der Waals surface area contributed by atoms with Gasteiger partial charge in [-0.3, -0.25) is 4.79 Å². The number of carbonyl (C=O) groups excluding carboxylic acids is 1. The predicted octanol–water partition coefficient (Wildman–Crippen LogP) is 2.67. The summed E-state index contributed by atoms with van der Waals surface area (Å²) >= 11 is 0. The zero-order valence-electron chi connectivity index (χ0n) is 8.71. The van der Waals surface area contributed by atoms with Crippen molar-refractivity contribution in [2.24, 2.45) is 0 Å². The highest BCUT2D eigenvalue weighted by Crippen LogP contribution is 2.18. The molecule has 0 saturated heterocycles. The van der Waals surface area contributed by atoms with Gasteiger partial charge < -0.3 is 14.2 Å². The normalized spacial score (nSPS) is 10.6. The van der Waals surface area contributed by atoms with E-state index in [1.54, 1.807) is 30.3 Å². The van der Waals surface area contributed by atoms with Crippen molar-refractivity contribution < 1.29 is 13.6 Å². The number of carbonyl (C=O) groups is 1. The Bertz CT molecular complexity index is 655. The Kier molecular flexibility index (Phi) is 2.15. The molecule has 0 fully saturated rings. The van der Waals surface area contributed by atoms with Gasteiger partial charge in [-0.15, -0.1) is 0 Å². The van der Waals surface area contributed by atoms with Gasteiger partial charge in [0.25, 0.3) is 5.91 Å². The van der Waals surface area contributed by atoms with Gasteiger partial charge in [-0.05, 0) is 30.3 Å². The average molecular weight is 228 g/mol. The average Bonchev–Trinajstić information content (AvgIpc) is 2.99. The minimum Gasteiger partial charge on any atom is -0.459 e. The van der Waals surface area contributed by atoms with Crippen LogP contribution < -0.4 is 5.32 Å². The summed E-state index contributed by atoms with van der Waals surface area (Å²) in [5, 5.41) is 2.71. The van der Waals surface area contributed by atoms with E-state index in [2.05, 4.69) is 10.3 Å². The van der Waals surface area contributed by atoms with Crippen molar-refractivity contribution in [2.45, 2.75) is 0 Å². The molecule has 5 nitrogen and oxygen atoms in total. The molecule has 0 unspecified atom stereocenters. The Labute approximate surface area is 96.1 Å². The summed E-state index contributed by atoms with van der Waals surface area (Å²) in [6.07, 6.45) is 2.82. The smallest absolute Gasteiger partial charge is 0.291 e. The third kappa shape index (κ3) is 1.78. The number of hydrogen-bond acceptors (Lipinski definition) is 4. The maximum Gasteiger partial charge on any atom is 0.291 e. The molecule has 84 valence electrons. The molecule has 0 aliphatic heterocycles. The van der Waals surface area contributed by atoms with Gasteiger partial charge in [0.05, 0.1) is 6.26 Å².